The Labute approximate surface area is 97.0 Å². The SMILES string of the molecule is N#CCc1nc(Br)c(C(F)F)cc1[N+](=O)[O-]. The van der Waals surface area contributed by atoms with E-state index in [4.69, 9.17) is 5.26 Å². The van der Waals surface area contributed by atoms with Crippen LogP contribution in [-0.2, 0) is 6.42 Å². The van der Waals surface area contributed by atoms with E-state index >= 15 is 0 Å². The number of halogens is 3. The van der Waals surface area contributed by atoms with Gasteiger partial charge < -0.3 is 0 Å². The van der Waals surface area contributed by atoms with Gasteiger partial charge in [-0.1, -0.05) is 0 Å². The minimum Gasteiger partial charge on any atom is -0.258 e. The van der Waals surface area contributed by atoms with E-state index in [9.17, 15) is 18.9 Å². The maximum atomic E-state index is 12.4. The minimum absolute atomic E-state index is 0.135. The maximum absolute atomic E-state index is 12.4. The molecule has 0 unspecified atom stereocenters. The van der Waals surface area contributed by atoms with Crippen molar-refractivity contribution in [3.8, 4) is 6.07 Å². The number of nitriles is 1. The molecular weight excluding hydrogens is 288 g/mol. The summed E-state index contributed by atoms with van der Waals surface area (Å²) in [4.78, 5) is 13.3. The molecule has 16 heavy (non-hydrogen) atoms. The summed E-state index contributed by atoms with van der Waals surface area (Å²) in [5.41, 5.74) is -1.27. The van der Waals surface area contributed by atoms with Gasteiger partial charge in [-0.25, -0.2) is 13.8 Å². The van der Waals surface area contributed by atoms with Gasteiger partial charge in [0.1, 0.15) is 10.3 Å². The van der Waals surface area contributed by atoms with Crippen LogP contribution < -0.4 is 0 Å². The summed E-state index contributed by atoms with van der Waals surface area (Å²) >= 11 is 2.78. The second-order valence-corrected chi connectivity index (χ2v) is 3.48. The zero-order chi connectivity index (χ0) is 12.3. The average Bonchev–Trinajstić information content (AvgIpc) is 2.17. The number of pyridine rings is 1. The molecule has 0 fully saturated rings. The van der Waals surface area contributed by atoms with E-state index in [1.54, 1.807) is 6.07 Å². The molecular formula is C8H4BrF2N3O2. The van der Waals surface area contributed by atoms with Crippen LogP contribution in [0.25, 0.3) is 0 Å². The quantitative estimate of drug-likeness (QED) is 0.487. The molecule has 0 aromatic carbocycles. The van der Waals surface area contributed by atoms with Gasteiger partial charge in [0.2, 0.25) is 0 Å². The van der Waals surface area contributed by atoms with Gasteiger partial charge in [-0.2, -0.15) is 5.26 Å². The summed E-state index contributed by atoms with van der Waals surface area (Å²) in [6.45, 7) is 0. The summed E-state index contributed by atoms with van der Waals surface area (Å²) in [6.07, 6.45) is -3.17. The zero-order valence-electron chi connectivity index (χ0n) is 7.65. The molecule has 1 rings (SSSR count). The number of alkyl halides is 2. The fourth-order valence-corrected chi connectivity index (χ4v) is 1.55. The highest BCUT2D eigenvalue weighted by molar-refractivity contribution is 9.10. The van der Waals surface area contributed by atoms with E-state index in [0.29, 0.717) is 0 Å². The van der Waals surface area contributed by atoms with Gasteiger partial charge >= 0.3 is 0 Å². The molecule has 0 spiro atoms. The smallest absolute Gasteiger partial charge is 0.258 e. The number of nitro groups is 1. The van der Waals surface area contributed by atoms with Gasteiger partial charge in [0.05, 0.1) is 23.0 Å². The number of aromatic nitrogens is 1. The molecule has 5 nitrogen and oxygen atoms in total. The Morgan fingerprint density at radius 1 is 1.69 bits per heavy atom. The van der Waals surface area contributed by atoms with E-state index in [-0.39, 0.29) is 16.7 Å². The van der Waals surface area contributed by atoms with Crippen LogP contribution in [0.1, 0.15) is 17.7 Å². The van der Waals surface area contributed by atoms with Crippen molar-refractivity contribution < 1.29 is 13.7 Å². The normalized spacial score (nSPS) is 10.2. The predicted molar refractivity (Wildman–Crippen MR) is 52.9 cm³/mol. The Hall–Kier alpha value is -1.62. The molecule has 0 bridgehead atoms. The molecule has 84 valence electrons. The highest BCUT2D eigenvalue weighted by Crippen LogP contribution is 2.31. The lowest BCUT2D eigenvalue weighted by Crippen LogP contribution is -2.02. The lowest BCUT2D eigenvalue weighted by Gasteiger charge is -2.04. The largest absolute Gasteiger partial charge is 0.292 e. The van der Waals surface area contributed by atoms with Gasteiger partial charge in [-0.05, 0) is 15.9 Å². The summed E-state index contributed by atoms with van der Waals surface area (Å²) in [5.74, 6) is 0. The molecule has 1 aromatic rings. The Kier molecular flexibility index (Phi) is 3.84. The second-order valence-electron chi connectivity index (χ2n) is 2.73. The highest BCUT2D eigenvalue weighted by atomic mass is 79.9. The summed E-state index contributed by atoms with van der Waals surface area (Å²) in [5, 5.41) is 19.0. The number of hydrogen-bond acceptors (Lipinski definition) is 4. The van der Waals surface area contributed by atoms with Crippen molar-refractivity contribution in [1.82, 2.24) is 4.98 Å². The molecule has 0 saturated carbocycles. The lowest BCUT2D eigenvalue weighted by molar-refractivity contribution is -0.386. The molecule has 1 aromatic heterocycles. The first-order chi connectivity index (χ1) is 7.47. The Morgan fingerprint density at radius 3 is 2.75 bits per heavy atom. The van der Waals surface area contributed by atoms with Crippen molar-refractivity contribution in [1.29, 1.82) is 5.26 Å². The topological polar surface area (TPSA) is 79.8 Å². The first kappa shape index (κ1) is 12.4. The van der Waals surface area contributed by atoms with E-state index in [1.165, 1.54) is 0 Å². The Balaban J connectivity index is 3.38. The second kappa shape index (κ2) is 4.94. The van der Waals surface area contributed by atoms with Crippen LogP contribution in [0, 0.1) is 21.4 Å². The first-order valence-electron chi connectivity index (χ1n) is 3.96. The van der Waals surface area contributed by atoms with Crippen molar-refractivity contribution >= 4 is 21.6 Å². The van der Waals surface area contributed by atoms with Gasteiger partial charge in [-0.15, -0.1) is 0 Å². The minimum atomic E-state index is -2.86. The third kappa shape index (κ3) is 2.49. The maximum Gasteiger partial charge on any atom is 0.292 e. The molecule has 0 aliphatic rings. The van der Waals surface area contributed by atoms with E-state index in [1.807, 2.05) is 0 Å². The fourth-order valence-electron chi connectivity index (χ4n) is 1.05. The summed E-state index contributed by atoms with van der Waals surface area (Å²) < 4.78 is 24.7. The van der Waals surface area contributed by atoms with Crippen molar-refractivity contribution in [3.05, 3.63) is 32.0 Å². The van der Waals surface area contributed by atoms with Crippen LogP contribution in [0.2, 0.25) is 0 Å². The molecule has 0 saturated heterocycles. The number of rotatable bonds is 3. The van der Waals surface area contributed by atoms with Crippen LogP contribution in [-0.4, -0.2) is 9.91 Å². The zero-order valence-corrected chi connectivity index (χ0v) is 9.24. The third-order valence-electron chi connectivity index (χ3n) is 1.74. The average molecular weight is 292 g/mol. The van der Waals surface area contributed by atoms with Crippen LogP contribution in [0.5, 0.6) is 0 Å². The molecule has 1 heterocycles. The van der Waals surface area contributed by atoms with Gasteiger partial charge in [0.25, 0.3) is 12.1 Å². The molecule has 8 heteroatoms. The molecule has 0 atom stereocenters. The van der Waals surface area contributed by atoms with Gasteiger partial charge in [0.15, 0.2) is 0 Å². The number of hydrogen-bond donors (Lipinski definition) is 0. The van der Waals surface area contributed by atoms with Gasteiger partial charge in [-0.3, -0.25) is 10.1 Å². The van der Waals surface area contributed by atoms with Gasteiger partial charge in [0, 0.05) is 6.07 Å². The van der Waals surface area contributed by atoms with Crippen LogP contribution >= 0.6 is 15.9 Å². The van der Waals surface area contributed by atoms with Crippen molar-refractivity contribution in [2.75, 3.05) is 0 Å². The molecule has 0 aliphatic heterocycles. The Bertz CT molecular complexity index is 473. The van der Waals surface area contributed by atoms with Crippen molar-refractivity contribution in [3.63, 3.8) is 0 Å². The van der Waals surface area contributed by atoms with Crippen LogP contribution in [0.4, 0.5) is 14.5 Å². The van der Waals surface area contributed by atoms with E-state index in [0.717, 1.165) is 6.07 Å². The highest BCUT2D eigenvalue weighted by Gasteiger charge is 2.22. The standard InChI is InChI=1S/C8H4BrF2N3O2/c9-7-4(8(10)11)3-6(14(15)16)5(13-7)1-2-12/h3,8H,1H2. The molecule has 0 aliphatic carbocycles. The van der Waals surface area contributed by atoms with Crippen LogP contribution in [0.15, 0.2) is 10.7 Å². The molecule has 0 radical (unpaired) electrons. The summed E-state index contributed by atoms with van der Waals surface area (Å²) in [6, 6.07) is 2.41. The van der Waals surface area contributed by atoms with E-state index in [2.05, 4.69) is 20.9 Å². The molecule has 0 N–H and O–H groups in total. The molecule has 0 amide bonds. The number of nitrogens with zero attached hydrogens (tertiary/aromatic N) is 3. The fraction of sp³-hybridized carbons (Fsp3) is 0.250. The first-order valence-corrected chi connectivity index (χ1v) is 4.75. The monoisotopic (exact) mass is 291 g/mol. The van der Waals surface area contributed by atoms with E-state index < -0.39 is 22.6 Å². The third-order valence-corrected chi connectivity index (χ3v) is 2.37. The predicted octanol–water partition coefficient (Wildman–Crippen LogP) is 2.76. The van der Waals surface area contributed by atoms with Crippen molar-refractivity contribution in [2.45, 2.75) is 12.8 Å². The van der Waals surface area contributed by atoms with Crippen molar-refractivity contribution in [2.24, 2.45) is 0 Å². The van der Waals surface area contributed by atoms with Crippen LogP contribution in [0.3, 0.4) is 0 Å². The Morgan fingerprint density at radius 2 is 2.31 bits per heavy atom. The summed E-state index contributed by atoms with van der Waals surface area (Å²) in [7, 11) is 0. The lowest BCUT2D eigenvalue weighted by atomic mass is 10.2.